The molecule has 0 spiro atoms. The van der Waals surface area contributed by atoms with Crippen LogP contribution in [0.15, 0.2) is 84.9 Å². The Morgan fingerprint density at radius 1 is 0.897 bits per heavy atom. The summed E-state index contributed by atoms with van der Waals surface area (Å²) in [5.74, 6) is 0.385. The number of carbonyl (C=O) groups is 1. The monoisotopic (exact) mass is 381 g/mol. The van der Waals surface area contributed by atoms with Crippen LogP contribution in [0, 0.1) is 0 Å². The van der Waals surface area contributed by atoms with Gasteiger partial charge in [0.15, 0.2) is 5.78 Å². The summed E-state index contributed by atoms with van der Waals surface area (Å²) in [6.07, 6.45) is 0.835. The topological polar surface area (TPSA) is 39.2 Å². The van der Waals surface area contributed by atoms with Gasteiger partial charge in [0.2, 0.25) is 5.88 Å². The lowest BCUT2D eigenvalue weighted by molar-refractivity contribution is 0.0974. The van der Waals surface area contributed by atoms with Crippen molar-refractivity contribution in [1.29, 1.82) is 0 Å². The van der Waals surface area contributed by atoms with Gasteiger partial charge in [-0.05, 0) is 35.7 Å². The maximum atomic E-state index is 13.5. The Balaban J connectivity index is 1.86. The highest BCUT2D eigenvalue weighted by Crippen LogP contribution is 2.32. The molecular weight excluding hydrogens is 358 g/mol. The summed E-state index contributed by atoms with van der Waals surface area (Å²) in [4.78, 5) is 18.1. The molecule has 0 aliphatic heterocycles. The van der Waals surface area contributed by atoms with Crippen LogP contribution in [0.3, 0.4) is 0 Å². The molecule has 1 heterocycles. The second-order valence-corrected chi connectivity index (χ2v) is 7.04. The summed E-state index contributed by atoms with van der Waals surface area (Å²) in [5.41, 5.74) is 4.58. The zero-order valence-electron chi connectivity index (χ0n) is 16.6. The lowest BCUT2D eigenvalue weighted by atomic mass is 9.84. The molecule has 1 unspecified atom stereocenters. The maximum absolute atomic E-state index is 13.5. The predicted molar refractivity (Wildman–Crippen MR) is 117 cm³/mol. The number of methoxy groups -OCH3 is 1. The highest BCUT2D eigenvalue weighted by Gasteiger charge is 2.24. The van der Waals surface area contributed by atoms with Crippen molar-refractivity contribution in [2.75, 3.05) is 7.11 Å². The number of benzene rings is 3. The Labute approximate surface area is 171 Å². The molecule has 0 aliphatic rings. The first-order valence-electron chi connectivity index (χ1n) is 9.83. The Morgan fingerprint density at radius 3 is 2.24 bits per heavy atom. The van der Waals surface area contributed by atoms with E-state index in [1.54, 1.807) is 7.11 Å². The molecule has 0 saturated carbocycles. The number of fused-ring (bicyclic) bond motifs is 1. The van der Waals surface area contributed by atoms with Crippen molar-refractivity contribution in [3.63, 3.8) is 0 Å². The van der Waals surface area contributed by atoms with Gasteiger partial charge in [0, 0.05) is 16.5 Å². The van der Waals surface area contributed by atoms with Crippen molar-refractivity contribution >= 4 is 16.7 Å². The van der Waals surface area contributed by atoms with E-state index in [1.807, 2.05) is 72.8 Å². The molecule has 3 aromatic carbocycles. The van der Waals surface area contributed by atoms with Crippen molar-refractivity contribution in [3.05, 3.63) is 107 Å². The van der Waals surface area contributed by atoms with Crippen LogP contribution in [-0.2, 0) is 6.42 Å². The normalized spacial score (nSPS) is 11.9. The molecule has 4 rings (SSSR count). The van der Waals surface area contributed by atoms with E-state index in [9.17, 15) is 4.79 Å². The van der Waals surface area contributed by atoms with E-state index in [0.29, 0.717) is 11.4 Å². The number of aryl methyl sites for hydroxylation is 1. The van der Waals surface area contributed by atoms with Crippen molar-refractivity contribution in [2.45, 2.75) is 19.3 Å². The molecule has 0 saturated heterocycles. The van der Waals surface area contributed by atoms with Crippen LogP contribution in [0.5, 0.6) is 5.88 Å². The quantitative estimate of drug-likeness (QED) is 0.395. The largest absolute Gasteiger partial charge is 0.481 e. The minimum absolute atomic E-state index is 0.0911. The second-order valence-electron chi connectivity index (χ2n) is 7.04. The minimum atomic E-state index is -0.366. The number of pyridine rings is 1. The first kappa shape index (κ1) is 18.9. The Hall–Kier alpha value is -3.46. The molecule has 1 atom stereocenters. The van der Waals surface area contributed by atoms with Gasteiger partial charge in [0.1, 0.15) is 0 Å². The number of rotatable bonds is 6. The molecule has 0 amide bonds. The van der Waals surface area contributed by atoms with Crippen LogP contribution in [0.2, 0.25) is 0 Å². The lowest BCUT2D eigenvalue weighted by Gasteiger charge is -2.18. The number of ketones is 1. The fourth-order valence-electron chi connectivity index (χ4n) is 3.74. The molecule has 4 aromatic rings. The van der Waals surface area contributed by atoms with Crippen LogP contribution in [-0.4, -0.2) is 17.9 Å². The second kappa shape index (κ2) is 8.27. The average Bonchev–Trinajstić information content (AvgIpc) is 2.79. The lowest BCUT2D eigenvalue weighted by Crippen LogP contribution is -2.14. The van der Waals surface area contributed by atoms with E-state index in [0.717, 1.165) is 34.0 Å². The Morgan fingerprint density at radius 2 is 1.59 bits per heavy atom. The van der Waals surface area contributed by atoms with Gasteiger partial charge in [0.05, 0.1) is 18.5 Å². The maximum Gasteiger partial charge on any atom is 0.216 e. The number of Topliss-reactive ketones (excluding diaryl/α,β-unsaturated/α-hetero) is 1. The van der Waals surface area contributed by atoms with Gasteiger partial charge in [-0.2, -0.15) is 0 Å². The molecule has 0 radical (unpaired) electrons. The SMILES string of the molecule is CCc1cc2cc(C(C(=O)c3ccccc3)c3ccccc3)ccc2nc1OC. The van der Waals surface area contributed by atoms with E-state index in [-0.39, 0.29) is 11.7 Å². The first-order chi connectivity index (χ1) is 14.2. The van der Waals surface area contributed by atoms with Crippen molar-refractivity contribution in [2.24, 2.45) is 0 Å². The van der Waals surface area contributed by atoms with Gasteiger partial charge >= 0.3 is 0 Å². The number of carbonyl (C=O) groups excluding carboxylic acids is 1. The first-order valence-corrected chi connectivity index (χ1v) is 9.83. The van der Waals surface area contributed by atoms with E-state index in [4.69, 9.17) is 4.74 Å². The van der Waals surface area contributed by atoms with Crippen LogP contribution < -0.4 is 4.74 Å². The van der Waals surface area contributed by atoms with E-state index in [1.165, 1.54) is 0 Å². The molecule has 3 heteroatoms. The zero-order valence-corrected chi connectivity index (χ0v) is 16.6. The van der Waals surface area contributed by atoms with Crippen LogP contribution in [0.25, 0.3) is 10.9 Å². The molecule has 1 aromatic heterocycles. The van der Waals surface area contributed by atoms with E-state index >= 15 is 0 Å². The fraction of sp³-hybridized carbons (Fsp3) is 0.154. The van der Waals surface area contributed by atoms with Crippen molar-refractivity contribution < 1.29 is 9.53 Å². The smallest absolute Gasteiger partial charge is 0.216 e. The molecule has 0 fully saturated rings. The minimum Gasteiger partial charge on any atom is -0.481 e. The number of nitrogens with zero attached hydrogens (tertiary/aromatic N) is 1. The summed E-state index contributed by atoms with van der Waals surface area (Å²) in [6.45, 7) is 2.08. The van der Waals surface area contributed by atoms with Gasteiger partial charge in [-0.1, -0.05) is 73.7 Å². The summed E-state index contributed by atoms with van der Waals surface area (Å²) in [5, 5.41) is 1.02. The molecule has 0 bridgehead atoms. The fourth-order valence-corrected chi connectivity index (χ4v) is 3.74. The summed E-state index contributed by atoms with van der Waals surface area (Å²) in [6, 6.07) is 27.6. The third-order valence-corrected chi connectivity index (χ3v) is 5.24. The van der Waals surface area contributed by atoms with Crippen LogP contribution in [0.4, 0.5) is 0 Å². The number of aromatic nitrogens is 1. The average molecular weight is 381 g/mol. The molecule has 0 N–H and O–H groups in total. The number of hydrogen-bond donors (Lipinski definition) is 0. The van der Waals surface area contributed by atoms with Crippen molar-refractivity contribution in [1.82, 2.24) is 4.98 Å². The molecule has 0 aliphatic carbocycles. The van der Waals surface area contributed by atoms with E-state index in [2.05, 4.69) is 24.0 Å². The van der Waals surface area contributed by atoms with Crippen LogP contribution >= 0.6 is 0 Å². The standard InChI is InChI=1S/C26H23NO2/c1-3-18-16-22-17-21(14-15-23(22)27-26(18)29-2)24(19-10-6-4-7-11-19)25(28)20-12-8-5-9-13-20/h4-17,24H,3H2,1-2H3. The molecular formula is C26H23NO2. The van der Waals surface area contributed by atoms with Gasteiger partial charge in [-0.15, -0.1) is 0 Å². The summed E-state index contributed by atoms with van der Waals surface area (Å²) in [7, 11) is 1.64. The van der Waals surface area contributed by atoms with Gasteiger partial charge in [-0.3, -0.25) is 4.79 Å². The molecule has 3 nitrogen and oxygen atoms in total. The molecule has 29 heavy (non-hydrogen) atoms. The third kappa shape index (κ3) is 3.77. The van der Waals surface area contributed by atoms with Crippen LogP contribution in [0.1, 0.15) is 39.9 Å². The van der Waals surface area contributed by atoms with Gasteiger partial charge < -0.3 is 4.74 Å². The van der Waals surface area contributed by atoms with Gasteiger partial charge in [0.25, 0.3) is 0 Å². The van der Waals surface area contributed by atoms with Gasteiger partial charge in [-0.25, -0.2) is 4.98 Å². The predicted octanol–water partition coefficient (Wildman–Crippen LogP) is 5.82. The third-order valence-electron chi connectivity index (χ3n) is 5.24. The van der Waals surface area contributed by atoms with E-state index < -0.39 is 0 Å². The Bertz CT molecular complexity index is 1140. The van der Waals surface area contributed by atoms with Crippen molar-refractivity contribution in [3.8, 4) is 5.88 Å². The summed E-state index contributed by atoms with van der Waals surface area (Å²) < 4.78 is 5.42. The number of ether oxygens (including phenoxy) is 1. The highest BCUT2D eigenvalue weighted by atomic mass is 16.5. The zero-order chi connectivity index (χ0) is 20.2. The molecule has 144 valence electrons. The number of hydrogen-bond acceptors (Lipinski definition) is 3. The summed E-state index contributed by atoms with van der Waals surface area (Å²) >= 11 is 0. The highest BCUT2D eigenvalue weighted by molar-refractivity contribution is 6.03. The Kier molecular flexibility index (Phi) is 5.39.